The van der Waals surface area contributed by atoms with Gasteiger partial charge < -0.3 is 10.4 Å². The molecule has 1 aromatic carbocycles. The Labute approximate surface area is 154 Å². The fourth-order valence-corrected chi connectivity index (χ4v) is 4.63. The molecule has 128 valence electrons. The van der Waals surface area contributed by atoms with Crippen LogP contribution in [-0.2, 0) is 5.60 Å². The molecule has 2 N–H and O–H groups in total. The Hall–Kier alpha value is -2.02. The van der Waals surface area contributed by atoms with Crippen LogP contribution in [-0.4, -0.2) is 22.5 Å². The van der Waals surface area contributed by atoms with Crippen LogP contribution < -0.4 is 5.32 Å². The number of hydrogen-bond donors (Lipinski definition) is 2. The predicted octanol–water partition coefficient (Wildman–Crippen LogP) is 3.90. The lowest BCUT2D eigenvalue weighted by molar-refractivity contribution is 0.0169. The van der Waals surface area contributed by atoms with Crippen LogP contribution in [0.5, 0.6) is 0 Å². The number of carbonyl (C=O) groups is 1. The van der Waals surface area contributed by atoms with E-state index in [1.807, 2.05) is 47.8 Å². The van der Waals surface area contributed by atoms with E-state index in [0.29, 0.717) is 5.69 Å². The molecule has 0 radical (unpaired) electrons. The molecule has 0 spiro atoms. The van der Waals surface area contributed by atoms with Gasteiger partial charge in [-0.3, -0.25) is 4.79 Å². The van der Waals surface area contributed by atoms with Gasteiger partial charge in [-0.25, -0.2) is 4.98 Å². The van der Waals surface area contributed by atoms with Gasteiger partial charge in [0.2, 0.25) is 0 Å². The molecule has 1 saturated carbocycles. The molecule has 0 aliphatic heterocycles. The first-order chi connectivity index (χ1) is 12.2. The molecule has 0 unspecified atom stereocenters. The Morgan fingerprint density at radius 2 is 2.00 bits per heavy atom. The van der Waals surface area contributed by atoms with Crippen LogP contribution in [0.25, 0.3) is 10.6 Å². The summed E-state index contributed by atoms with van der Waals surface area (Å²) in [5.41, 5.74) is 0.426. The highest BCUT2D eigenvalue weighted by Crippen LogP contribution is 2.46. The molecule has 1 amide bonds. The normalized spacial score (nSPS) is 16.4. The van der Waals surface area contributed by atoms with E-state index in [4.69, 9.17) is 0 Å². The van der Waals surface area contributed by atoms with Gasteiger partial charge in [0.15, 0.2) is 0 Å². The number of thiophene rings is 1. The van der Waals surface area contributed by atoms with Crippen molar-refractivity contribution in [1.82, 2.24) is 10.3 Å². The molecule has 1 aliphatic carbocycles. The number of rotatable bonds is 6. The highest BCUT2D eigenvalue weighted by atomic mass is 32.1. The van der Waals surface area contributed by atoms with Gasteiger partial charge in [0, 0.05) is 15.8 Å². The maximum Gasteiger partial charge on any atom is 0.270 e. The minimum atomic E-state index is -0.970. The Balaban J connectivity index is 1.46. The van der Waals surface area contributed by atoms with Crippen LogP contribution in [0, 0.1) is 5.92 Å². The molecule has 2 heterocycles. The molecule has 1 aliphatic rings. The SMILES string of the molecule is O=C(NC[C@@](O)(c1cccs1)C1CC1)c1csc(-c2ccccc2)n1. The van der Waals surface area contributed by atoms with Crippen LogP contribution >= 0.6 is 22.7 Å². The number of nitrogens with one attached hydrogen (secondary N) is 1. The van der Waals surface area contributed by atoms with Crippen molar-refractivity contribution in [2.45, 2.75) is 18.4 Å². The average molecular weight is 370 g/mol. The summed E-state index contributed by atoms with van der Waals surface area (Å²) in [6.07, 6.45) is 2.00. The van der Waals surface area contributed by atoms with E-state index in [2.05, 4.69) is 10.3 Å². The van der Waals surface area contributed by atoms with Gasteiger partial charge >= 0.3 is 0 Å². The van der Waals surface area contributed by atoms with Crippen molar-refractivity contribution < 1.29 is 9.90 Å². The zero-order valence-electron chi connectivity index (χ0n) is 13.5. The third-order valence-corrected chi connectivity index (χ3v) is 6.40. The minimum Gasteiger partial charge on any atom is -0.382 e. The molecule has 1 atom stereocenters. The first-order valence-corrected chi connectivity index (χ1v) is 9.98. The number of nitrogens with zero attached hydrogens (tertiary/aromatic N) is 1. The third kappa shape index (κ3) is 3.38. The number of carbonyl (C=O) groups excluding carboxylic acids is 1. The molecular formula is C19H18N2O2S2. The molecule has 0 saturated heterocycles. The van der Waals surface area contributed by atoms with E-state index < -0.39 is 5.60 Å². The van der Waals surface area contributed by atoms with E-state index in [1.54, 1.807) is 5.38 Å². The monoisotopic (exact) mass is 370 g/mol. The van der Waals surface area contributed by atoms with Crippen LogP contribution in [0.4, 0.5) is 0 Å². The quantitative estimate of drug-likeness (QED) is 0.692. The van der Waals surface area contributed by atoms with E-state index in [9.17, 15) is 9.90 Å². The minimum absolute atomic E-state index is 0.217. The maximum atomic E-state index is 12.5. The number of hydrogen-bond acceptors (Lipinski definition) is 5. The summed E-state index contributed by atoms with van der Waals surface area (Å²) in [6.45, 7) is 0.217. The molecule has 4 nitrogen and oxygen atoms in total. The number of thiazole rings is 1. The predicted molar refractivity (Wildman–Crippen MR) is 101 cm³/mol. The topological polar surface area (TPSA) is 62.2 Å². The van der Waals surface area contributed by atoms with E-state index >= 15 is 0 Å². The first-order valence-electron chi connectivity index (χ1n) is 8.22. The summed E-state index contributed by atoms with van der Waals surface area (Å²) >= 11 is 2.98. The lowest BCUT2D eigenvalue weighted by Crippen LogP contribution is -2.42. The van der Waals surface area contributed by atoms with Crippen molar-refractivity contribution in [1.29, 1.82) is 0 Å². The second kappa shape index (κ2) is 6.71. The number of aliphatic hydroxyl groups is 1. The maximum absolute atomic E-state index is 12.5. The van der Waals surface area contributed by atoms with Crippen molar-refractivity contribution in [2.75, 3.05) is 6.54 Å². The highest BCUT2D eigenvalue weighted by Gasteiger charge is 2.46. The van der Waals surface area contributed by atoms with Crippen molar-refractivity contribution in [2.24, 2.45) is 5.92 Å². The molecule has 0 bridgehead atoms. The molecule has 6 heteroatoms. The Morgan fingerprint density at radius 1 is 1.20 bits per heavy atom. The van der Waals surface area contributed by atoms with Gasteiger partial charge in [0.1, 0.15) is 16.3 Å². The molecular weight excluding hydrogens is 352 g/mol. The van der Waals surface area contributed by atoms with Crippen molar-refractivity contribution in [3.05, 3.63) is 63.8 Å². The molecule has 3 aromatic rings. The van der Waals surface area contributed by atoms with E-state index in [-0.39, 0.29) is 18.4 Å². The second-order valence-electron chi connectivity index (χ2n) is 6.26. The van der Waals surface area contributed by atoms with Gasteiger partial charge in [0.05, 0.1) is 6.54 Å². The molecule has 25 heavy (non-hydrogen) atoms. The number of benzene rings is 1. The average Bonchev–Trinajstić information content (AvgIpc) is 3.15. The Morgan fingerprint density at radius 3 is 2.68 bits per heavy atom. The summed E-state index contributed by atoms with van der Waals surface area (Å²) in [7, 11) is 0. The molecule has 2 aromatic heterocycles. The lowest BCUT2D eigenvalue weighted by Gasteiger charge is -2.27. The standard InChI is InChI=1S/C19H18N2O2S2/c22-17(15-11-25-18(21-15)13-5-2-1-3-6-13)20-12-19(23,14-8-9-14)16-7-4-10-24-16/h1-7,10-11,14,23H,8-9,12H2,(H,20,22)/t19-/m0/s1. The zero-order valence-corrected chi connectivity index (χ0v) is 15.1. The highest BCUT2D eigenvalue weighted by molar-refractivity contribution is 7.13. The summed E-state index contributed by atoms with van der Waals surface area (Å²) in [5.74, 6) is -0.0178. The summed E-state index contributed by atoms with van der Waals surface area (Å²) in [4.78, 5) is 17.8. The Kier molecular flexibility index (Phi) is 4.41. The van der Waals surface area contributed by atoms with Gasteiger partial charge in [-0.05, 0) is 30.2 Å². The molecule has 1 fully saturated rings. The number of aromatic nitrogens is 1. The largest absolute Gasteiger partial charge is 0.382 e. The summed E-state index contributed by atoms with van der Waals surface area (Å²) < 4.78 is 0. The van der Waals surface area contributed by atoms with E-state index in [0.717, 1.165) is 28.3 Å². The smallest absolute Gasteiger partial charge is 0.270 e. The van der Waals surface area contributed by atoms with Gasteiger partial charge in [-0.1, -0.05) is 36.4 Å². The summed E-state index contributed by atoms with van der Waals surface area (Å²) in [5, 5.41) is 18.5. The third-order valence-electron chi connectivity index (χ3n) is 4.48. The fraction of sp³-hybridized carbons (Fsp3) is 0.263. The van der Waals surface area contributed by atoms with Gasteiger partial charge in [-0.15, -0.1) is 22.7 Å². The van der Waals surface area contributed by atoms with Crippen LogP contribution in [0.1, 0.15) is 28.2 Å². The van der Waals surface area contributed by atoms with Crippen LogP contribution in [0.2, 0.25) is 0 Å². The van der Waals surface area contributed by atoms with Gasteiger partial charge in [0.25, 0.3) is 5.91 Å². The Bertz CT molecular complexity index is 857. The second-order valence-corrected chi connectivity index (χ2v) is 8.07. The van der Waals surface area contributed by atoms with Gasteiger partial charge in [-0.2, -0.15) is 0 Å². The number of amides is 1. The fourth-order valence-electron chi connectivity index (χ4n) is 2.92. The van der Waals surface area contributed by atoms with Crippen LogP contribution in [0.15, 0.2) is 53.2 Å². The lowest BCUT2D eigenvalue weighted by atomic mass is 9.95. The van der Waals surface area contributed by atoms with Crippen molar-refractivity contribution >= 4 is 28.6 Å². The summed E-state index contributed by atoms with van der Waals surface area (Å²) in [6, 6.07) is 13.7. The van der Waals surface area contributed by atoms with E-state index in [1.165, 1.54) is 22.7 Å². The molecule has 4 rings (SSSR count). The zero-order chi connectivity index (χ0) is 17.3. The van der Waals surface area contributed by atoms with Crippen molar-refractivity contribution in [3.63, 3.8) is 0 Å². The van der Waals surface area contributed by atoms with Crippen molar-refractivity contribution in [3.8, 4) is 10.6 Å². The van der Waals surface area contributed by atoms with Crippen LogP contribution in [0.3, 0.4) is 0 Å². The first kappa shape index (κ1) is 16.4.